The lowest BCUT2D eigenvalue weighted by molar-refractivity contribution is -0.147. The highest BCUT2D eigenvalue weighted by Crippen LogP contribution is 2.20. The summed E-state index contributed by atoms with van der Waals surface area (Å²) in [4.78, 5) is 36.5. The van der Waals surface area contributed by atoms with Crippen LogP contribution in [0.2, 0.25) is 0 Å². The number of ether oxygens (including phenoxy) is 1. The smallest absolute Gasteiger partial charge is 0.331 e. The van der Waals surface area contributed by atoms with Crippen molar-refractivity contribution in [3.8, 4) is 0 Å². The molecular formula is C20H20O5. The van der Waals surface area contributed by atoms with Crippen molar-refractivity contribution in [2.45, 2.75) is 12.8 Å². The fourth-order valence-corrected chi connectivity index (χ4v) is 2.51. The van der Waals surface area contributed by atoms with Gasteiger partial charge in [-0.2, -0.15) is 0 Å². The number of carbonyl (C=O) groups is 3. The standard InChI is InChI=1S/C20H20O5/c21-14-18(22)25-13-7-12-17(19(23)15-8-3-1-4-9-15)20(24)16-10-5-2-6-11-16/h1-6,8-11,17,21H,7,12-14H2. The highest BCUT2D eigenvalue weighted by molar-refractivity contribution is 6.16. The molecule has 0 aliphatic heterocycles. The Labute approximate surface area is 146 Å². The molecule has 0 saturated heterocycles. The van der Waals surface area contributed by atoms with Gasteiger partial charge in [0.2, 0.25) is 0 Å². The number of esters is 1. The number of Topliss-reactive ketones (excluding diaryl/α,β-unsaturated/α-hetero) is 2. The first-order chi connectivity index (χ1) is 12.1. The summed E-state index contributed by atoms with van der Waals surface area (Å²) in [5.74, 6) is -2.05. The number of ketones is 2. The normalized spacial score (nSPS) is 10.5. The lowest BCUT2D eigenvalue weighted by Gasteiger charge is -2.15. The molecule has 0 amide bonds. The van der Waals surface area contributed by atoms with Crippen molar-refractivity contribution >= 4 is 17.5 Å². The fraction of sp³-hybridized carbons (Fsp3) is 0.250. The molecule has 25 heavy (non-hydrogen) atoms. The SMILES string of the molecule is O=C(CO)OCCCC(C(=O)c1ccccc1)C(=O)c1ccccc1. The minimum atomic E-state index is -0.836. The molecule has 130 valence electrons. The monoisotopic (exact) mass is 340 g/mol. The van der Waals surface area contributed by atoms with Crippen LogP contribution in [0, 0.1) is 5.92 Å². The van der Waals surface area contributed by atoms with E-state index in [4.69, 9.17) is 9.84 Å². The predicted molar refractivity (Wildman–Crippen MR) is 92.3 cm³/mol. The van der Waals surface area contributed by atoms with Crippen LogP contribution in [0.3, 0.4) is 0 Å². The van der Waals surface area contributed by atoms with Crippen molar-refractivity contribution in [1.29, 1.82) is 0 Å². The van der Waals surface area contributed by atoms with Gasteiger partial charge in [-0.3, -0.25) is 9.59 Å². The lowest BCUT2D eigenvalue weighted by atomic mass is 9.86. The average Bonchev–Trinajstić information content (AvgIpc) is 2.68. The number of benzene rings is 2. The Morgan fingerprint density at radius 3 is 1.76 bits per heavy atom. The van der Waals surface area contributed by atoms with Crippen molar-refractivity contribution in [1.82, 2.24) is 0 Å². The highest BCUT2D eigenvalue weighted by Gasteiger charge is 2.28. The Morgan fingerprint density at radius 1 is 0.840 bits per heavy atom. The van der Waals surface area contributed by atoms with Gasteiger partial charge >= 0.3 is 5.97 Å². The van der Waals surface area contributed by atoms with Gasteiger partial charge in [0.1, 0.15) is 6.61 Å². The maximum absolute atomic E-state index is 12.8. The molecular weight excluding hydrogens is 320 g/mol. The van der Waals surface area contributed by atoms with Crippen molar-refractivity contribution in [3.63, 3.8) is 0 Å². The number of aliphatic hydroxyl groups excluding tert-OH is 1. The van der Waals surface area contributed by atoms with Gasteiger partial charge in [0.05, 0.1) is 12.5 Å². The van der Waals surface area contributed by atoms with E-state index in [-0.39, 0.29) is 24.6 Å². The molecule has 5 heteroatoms. The maximum Gasteiger partial charge on any atom is 0.331 e. The number of rotatable bonds is 9. The van der Waals surface area contributed by atoms with E-state index in [1.54, 1.807) is 60.7 Å². The molecule has 0 aromatic heterocycles. The van der Waals surface area contributed by atoms with Crippen molar-refractivity contribution < 1.29 is 24.2 Å². The average molecular weight is 340 g/mol. The molecule has 0 radical (unpaired) electrons. The van der Waals surface area contributed by atoms with E-state index in [2.05, 4.69) is 0 Å². The summed E-state index contributed by atoms with van der Waals surface area (Å²) < 4.78 is 4.80. The largest absolute Gasteiger partial charge is 0.464 e. The molecule has 0 aliphatic rings. The van der Waals surface area contributed by atoms with Crippen LogP contribution < -0.4 is 0 Å². The quantitative estimate of drug-likeness (QED) is 0.328. The summed E-state index contributed by atoms with van der Waals surface area (Å²) in [7, 11) is 0. The predicted octanol–water partition coefficient (Wildman–Crippen LogP) is 2.68. The first-order valence-corrected chi connectivity index (χ1v) is 8.08. The van der Waals surface area contributed by atoms with Gasteiger partial charge in [-0.1, -0.05) is 60.7 Å². The van der Waals surface area contributed by atoms with Crippen LogP contribution in [0.4, 0.5) is 0 Å². The topological polar surface area (TPSA) is 80.7 Å². The zero-order valence-corrected chi connectivity index (χ0v) is 13.8. The van der Waals surface area contributed by atoms with E-state index in [0.29, 0.717) is 17.5 Å². The number of hydrogen-bond acceptors (Lipinski definition) is 5. The van der Waals surface area contributed by atoms with Gasteiger partial charge in [-0.05, 0) is 12.8 Å². The minimum absolute atomic E-state index is 0.0556. The molecule has 5 nitrogen and oxygen atoms in total. The summed E-state index contributed by atoms with van der Waals surface area (Å²) in [6.45, 7) is -0.630. The molecule has 2 rings (SSSR count). The fourth-order valence-electron chi connectivity index (χ4n) is 2.51. The minimum Gasteiger partial charge on any atom is -0.464 e. The molecule has 0 saturated carbocycles. The van der Waals surface area contributed by atoms with Gasteiger partial charge < -0.3 is 9.84 Å². The molecule has 0 aliphatic carbocycles. The van der Waals surface area contributed by atoms with Gasteiger partial charge in [-0.25, -0.2) is 4.79 Å². The van der Waals surface area contributed by atoms with Crippen LogP contribution in [-0.2, 0) is 9.53 Å². The third-order valence-corrected chi connectivity index (χ3v) is 3.78. The Bertz CT molecular complexity index is 658. The second-order valence-corrected chi connectivity index (χ2v) is 5.53. The number of carbonyl (C=O) groups excluding carboxylic acids is 3. The van der Waals surface area contributed by atoms with Crippen molar-refractivity contribution in [3.05, 3.63) is 71.8 Å². The van der Waals surface area contributed by atoms with Crippen molar-refractivity contribution in [2.24, 2.45) is 5.92 Å². The number of hydrogen-bond donors (Lipinski definition) is 1. The van der Waals surface area contributed by atoms with Crippen molar-refractivity contribution in [2.75, 3.05) is 13.2 Å². The van der Waals surface area contributed by atoms with Crippen LogP contribution in [0.25, 0.3) is 0 Å². The molecule has 0 atom stereocenters. The third-order valence-electron chi connectivity index (χ3n) is 3.78. The van der Waals surface area contributed by atoms with E-state index in [0.717, 1.165) is 0 Å². The summed E-state index contributed by atoms with van der Waals surface area (Å²) in [5.41, 5.74) is 0.952. The molecule has 2 aromatic carbocycles. The number of aliphatic hydroxyl groups is 1. The van der Waals surface area contributed by atoms with E-state index in [1.807, 2.05) is 0 Å². The molecule has 0 spiro atoms. The summed E-state index contributed by atoms with van der Waals surface area (Å²) in [5, 5.41) is 8.63. The molecule has 0 fully saturated rings. The van der Waals surface area contributed by atoms with Crippen LogP contribution in [0.5, 0.6) is 0 Å². The first kappa shape index (κ1) is 18.5. The van der Waals surface area contributed by atoms with Crippen LogP contribution >= 0.6 is 0 Å². The second-order valence-electron chi connectivity index (χ2n) is 5.53. The summed E-state index contributed by atoms with van der Waals surface area (Å²) >= 11 is 0. The molecule has 0 bridgehead atoms. The highest BCUT2D eigenvalue weighted by atomic mass is 16.5. The Balaban J connectivity index is 2.12. The van der Waals surface area contributed by atoms with Gasteiger partial charge in [-0.15, -0.1) is 0 Å². The maximum atomic E-state index is 12.8. The summed E-state index contributed by atoms with van der Waals surface area (Å²) in [6.07, 6.45) is 0.619. The second kappa shape index (κ2) is 9.49. The molecule has 0 heterocycles. The summed E-state index contributed by atoms with van der Waals surface area (Å²) in [6, 6.07) is 17.3. The van der Waals surface area contributed by atoms with Crippen LogP contribution in [0.1, 0.15) is 33.6 Å². The Kier molecular flexibility index (Phi) is 7.04. The zero-order valence-electron chi connectivity index (χ0n) is 13.8. The van der Waals surface area contributed by atoms with E-state index >= 15 is 0 Å². The third kappa shape index (κ3) is 5.36. The lowest BCUT2D eigenvalue weighted by Crippen LogP contribution is -2.25. The van der Waals surface area contributed by atoms with E-state index < -0.39 is 18.5 Å². The Hall–Kier alpha value is -2.79. The zero-order chi connectivity index (χ0) is 18.1. The molecule has 0 unspecified atom stereocenters. The van der Waals surface area contributed by atoms with Gasteiger partial charge in [0, 0.05) is 11.1 Å². The van der Waals surface area contributed by atoms with Gasteiger partial charge in [0.25, 0.3) is 0 Å². The van der Waals surface area contributed by atoms with E-state index in [1.165, 1.54) is 0 Å². The Morgan fingerprint density at radius 2 is 1.32 bits per heavy atom. The van der Waals surface area contributed by atoms with Crippen LogP contribution in [0.15, 0.2) is 60.7 Å². The van der Waals surface area contributed by atoms with Gasteiger partial charge in [0.15, 0.2) is 11.6 Å². The molecule has 2 aromatic rings. The van der Waals surface area contributed by atoms with Crippen LogP contribution in [-0.4, -0.2) is 35.9 Å². The molecule has 1 N–H and O–H groups in total. The van der Waals surface area contributed by atoms with E-state index in [9.17, 15) is 14.4 Å². The first-order valence-electron chi connectivity index (χ1n) is 8.08.